The van der Waals surface area contributed by atoms with Crippen molar-refractivity contribution in [3.05, 3.63) is 52.1 Å². The second-order valence-corrected chi connectivity index (χ2v) is 5.87. The number of anilines is 1. The lowest BCUT2D eigenvalue weighted by Gasteiger charge is -2.10. The van der Waals surface area contributed by atoms with E-state index in [0.29, 0.717) is 28.2 Å². The third-order valence-electron chi connectivity index (χ3n) is 3.97. The number of amides is 2. The molecule has 140 valence electrons. The molecule has 3 rings (SSSR count). The molecule has 0 aliphatic heterocycles. The predicted molar refractivity (Wildman–Crippen MR) is 97.5 cm³/mol. The van der Waals surface area contributed by atoms with Gasteiger partial charge in [-0.2, -0.15) is 0 Å². The van der Waals surface area contributed by atoms with Gasteiger partial charge in [0.25, 0.3) is 0 Å². The molecule has 2 heterocycles. The molecule has 9 nitrogen and oxygen atoms in total. The summed E-state index contributed by atoms with van der Waals surface area (Å²) in [5.41, 5.74) is 2.67. The van der Waals surface area contributed by atoms with E-state index in [4.69, 9.17) is 9.15 Å². The van der Waals surface area contributed by atoms with E-state index < -0.39 is 17.6 Å². The third-order valence-corrected chi connectivity index (χ3v) is 3.97. The Morgan fingerprint density at radius 2 is 2.00 bits per heavy atom. The molecule has 2 N–H and O–H groups in total. The number of hydrogen-bond acceptors (Lipinski definition) is 6. The molecule has 0 aliphatic rings. The van der Waals surface area contributed by atoms with Gasteiger partial charge in [-0.1, -0.05) is 6.07 Å². The third kappa shape index (κ3) is 3.81. The number of methoxy groups -OCH3 is 1. The number of carbonyl (C=O) groups is 2. The van der Waals surface area contributed by atoms with Crippen LogP contribution in [0.3, 0.4) is 0 Å². The van der Waals surface area contributed by atoms with Crippen LogP contribution in [0.2, 0.25) is 0 Å². The second kappa shape index (κ2) is 7.32. The summed E-state index contributed by atoms with van der Waals surface area (Å²) in [4.78, 5) is 39.8. The number of aryl methyl sites for hydroxylation is 2. The van der Waals surface area contributed by atoms with E-state index in [1.807, 2.05) is 6.92 Å². The van der Waals surface area contributed by atoms with Gasteiger partial charge in [-0.15, -0.1) is 0 Å². The zero-order chi connectivity index (χ0) is 19.6. The Labute approximate surface area is 154 Å². The average Bonchev–Trinajstić information content (AvgIpc) is 2.93. The van der Waals surface area contributed by atoms with Crippen LogP contribution in [0, 0.1) is 6.92 Å². The highest BCUT2D eigenvalue weighted by Crippen LogP contribution is 2.18. The van der Waals surface area contributed by atoms with Crippen LogP contribution in [0.1, 0.15) is 11.3 Å². The maximum Gasteiger partial charge on any atom is 0.419 e. The van der Waals surface area contributed by atoms with Crippen LogP contribution < -0.4 is 21.1 Å². The molecule has 27 heavy (non-hydrogen) atoms. The summed E-state index contributed by atoms with van der Waals surface area (Å²) < 4.78 is 11.6. The zero-order valence-corrected chi connectivity index (χ0v) is 15.0. The highest BCUT2D eigenvalue weighted by atomic mass is 16.5. The SMILES string of the molecule is COc1nc(C)ccc1CNC(=O)C(=O)Nc1ccc2c(c1)oc(=O)n2C. The van der Waals surface area contributed by atoms with Gasteiger partial charge in [0.1, 0.15) is 0 Å². The first-order valence-electron chi connectivity index (χ1n) is 8.08. The van der Waals surface area contributed by atoms with Crippen LogP contribution in [0.4, 0.5) is 5.69 Å². The highest BCUT2D eigenvalue weighted by molar-refractivity contribution is 6.39. The summed E-state index contributed by atoms with van der Waals surface area (Å²) in [5, 5.41) is 4.98. The van der Waals surface area contributed by atoms with Crippen molar-refractivity contribution < 1.29 is 18.7 Å². The lowest BCUT2D eigenvalue weighted by molar-refractivity contribution is -0.136. The van der Waals surface area contributed by atoms with Crippen LogP contribution >= 0.6 is 0 Å². The summed E-state index contributed by atoms with van der Waals surface area (Å²) in [5.74, 6) is -1.77. The standard InChI is InChI=1S/C18H18N4O5/c1-10-4-5-11(17(20-10)26-3)9-19-15(23)16(24)21-12-6-7-13-14(8-12)27-18(25)22(13)2/h4-8H,9H2,1-3H3,(H,19,23)(H,21,24). The number of oxazole rings is 1. The number of benzene rings is 1. The summed E-state index contributed by atoms with van der Waals surface area (Å²) in [6.45, 7) is 1.92. The number of rotatable bonds is 4. The number of carbonyl (C=O) groups excluding carboxylic acids is 2. The van der Waals surface area contributed by atoms with Crippen LogP contribution in [0.15, 0.2) is 39.5 Å². The number of aromatic nitrogens is 2. The maximum absolute atomic E-state index is 12.1. The van der Waals surface area contributed by atoms with Crippen LogP contribution in [0.5, 0.6) is 5.88 Å². The summed E-state index contributed by atoms with van der Waals surface area (Å²) >= 11 is 0. The number of nitrogens with zero attached hydrogens (tertiary/aromatic N) is 2. The summed E-state index contributed by atoms with van der Waals surface area (Å²) in [7, 11) is 3.06. The first-order chi connectivity index (χ1) is 12.9. The number of nitrogens with one attached hydrogen (secondary N) is 2. The Balaban J connectivity index is 1.66. The van der Waals surface area contributed by atoms with E-state index in [-0.39, 0.29) is 6.54 Å². The molecule has 0 unspecified atom stereocenters. The minimum atomic E-state index is -0.841. The molecule has 0 saturated heterocycles. The van der Waals surface area contributed by atoms with Gasteiger partial charge < -0.3 is 19.8 Å². The number of fused-ring (bicyclic) bond motifs is 1. The van der Waals surface area contributed by atoms with E-state index in [1.165, 1.54) is 17.7 Å². The van der Waals surface area contributed by atoms with Gasteiger partial charge in [-0.25, -0.2) is 9.78 Å². The van der Waals surface area contributed by atoms with Crippen LogP contribution in [-0.2, 0) is 23.2 Å². The van der Waals surface area contributed by atoms with Gasteiger partial charge in [-0.3, -0.25) is 14.2 Å². The molecule has 0 spiro atoms. The predicted octanol–water partition coefficient (Wildman–Crippen LogP) is 1.10. The molecule has 2 aromatic heterocycles. The van der Waals surface area contributed by atoms with Crippen molar-refractivity contribution in [3.63, 3.8) is 0 Å². The highest BCUT2D eigenvalue weighted by Gasteiger charge is 2.16. The average molecular weight is 370 g/mol. The lowest BCUT2D eigenvalue weighted by Crippen LogP contribution is -2.35. The molecule has 0 saturated carbocycles. The molecule has 0 atom stereocenters. The Morgan fingerprint density at radius 3 is 2.74 bits per heavy atom. The Bertz CT molecular complexity index is 1080. The van der Waals surface area contributed by atoms with Gasteiger partial charge in [-0.05, 0) is 25.1 Å². The minimum absolute atomic E-state index is 0.0926. The number of ether oxygens (including phenoxy) is 1. The van der Waals surface area contributed by atoms with Crippen molar-refractivity contribution >= 4 is 28.6 Å². The van der Waals surface area contributed by atoms with E-state index in [2.05, 4.69) is 15.6 Å². The Kier molecular flexibility index (Phi) is 4.93. The van der Waals surface area contributed by atoms with Gasteiger partial charge in [0.05, 0.1) is 12.6 Å². The molecule has 9 heteroatoms. The Hall–Kier alpha value is -3.62. The molecule has 0 radical (unpaired) electrons. The summed E-state index contributed by atoms with van der Waals surface area (Å²) in [6, 6.07) is 8.23. The smallest absolute Gasteiger partial charge is 0.419 e. The monoisotopic (exact) mass is 370 g/mol. The van der Waals surface area contributed by atoms with Crippen molar-refractivity contribution in [2.45, 2.75) is 13.5 Å². The lowest BCUT2D eigenvalue weighted by atomic mass is 10.2. The van der Waals surface area contributed by atoms with Crippen molar-refractivity contribution in [3.8, 4) is 5.88 Å². The molecule has 0 bridgehead atoms. The number of hydrogen-bond donors (Lipinski definition) is 2. The van der Waals surface area contributed by atoms with Crippen molar-refractivity contribution in [1.82, 2.24) is 14.9 Å². The fourth-order valence-corrected chi connectivity index (χ4v) is 2.53. The molecular formula is C18H18N4O5. The quantitative estimate of drug-likeness (QED) is 0.665. The molecule has 1 aromatic carbocycles. The second-order valence-electron chi connectivity index (χ2n) is 5.87. The van der Waals surface area contributed by atoms with E-state index in [1.54, 1.807) is 31.3 Å². The normalized spacial score (nSPS) is 10.6. The van der Waals surface area contributed by atoms with Gasteiger partial charge >= 0.3 is 17.6 Å². The first kappa shape index (κ1) is 18.2. The van der Waals surface area contributed by atoms with Gasteiger partial charge in [0.2, 0.25) is 5.88 Å². The molecule has 2 amide bonds. The zero-order valence-electron chi connectivity index (χ0n) is 15.0. The Morgan fingerprint density at radius 1 is 1.22 bits per heavy atom. The van der Waals surface area contributed by atoms with Crippen molar-refractivity contribution in [1.29, 1.82) is 0 Å². The minimum Gasteiger partial charge on any atom is -0.481 e. The van der Waals surface area contributed by atoms with Crippen molar-refractivity contribution in [2.24, 2.45) is 7.05 Å². The maximum atomic E-state index is 12.1. The molecular weight excluding hydrogens is 352 g/mol. The van der Waals surface area contributed by atoms with Crippen LogP contribution in [0.25, 0.3) is 11.1 Å². The fourth-order valence-electron chi connectivity index (χ4n) is 2.53. The van der Waals surface area contributed by atoms with Crippen LogP contribution in [-0.4, -0.2) is 28.5 Å². The fraction of sp³-hybridized carbons (Fsp3) is 0.222. The largest absolute Gasteiger partial charge is 0.481 e. The number of pyridine rings is 1. The topological polar surface area (TPSA) is 115 Å². The van der Waals surface area contributed by atoms with E-state index in [9.17, 15) is 14.4 Å². The van der Waals surface area contributed by atoms with E-state index in [0.717, 1.165) is 5.69 Å². The molecule has 0 aliphatic carbocycles. The molecule has 3 aromatic rings. The first-order valence-corrected chi connectivity index (χ1v) is 8.08. The van der Waals surface area contributed by atoms with Gasteiger partial charge in [0.15, 0.2) is 5.58 Å². The summed E-state index contributed by atoms with van der Waals surface area (Å²) in [6.07, 6.45) is 0. The van der Waals surface area contributed by atoms with Crippen molar-refractivity contribution in [2.75, 3.05) is 12.4 Å². The molecule has 0 fully saturated rings. The van der Waals surface area contributed by atoms with Gasteiger partial charge in [0, 0.05) is 36.6 Å². The van der Waals surface area contributed by atoms with E-state index >= 15 is 0 Å².